The van der Waals surface area contributed by atoms with E-state index in [1.165, 1.54) is 6.07 Å². The maximum absolute atomic E-state index is 13.0. The van der Waals surface area contributed by atoms with Crippen LogP contribution in [0.15, 0.2) is 76.1 Å². The maximum Gasteiger partial charge on any atom is 0.335 e. The first kappa shape index (κ1) is 23.3. The van der Waals surface area contributed by atoms with Crippen molar-refractivity contribution in [2.75, 3.05) is 5.32 Å². The molecule has 3 aliphatic rings. The van der Waals surface area contributed by atoms with E-state index in [2.05, 4.69) is 10.3 Å². The lowest BCUT2D eigenvalue weighted by Crippen LogP contribution is -2.28. The molecule has 5 rings (SSSR count). The van der Waals surface area contributed by atoms with Crippen molar-refractivity contribution in [2.45, 2.75) is 38.5 Å². The van der Waals surface area contributed by atoms with Crippen molar-refractivity contribution < 1.29 is 29.3 Å². The number of carbonyl (C=O) groups excluding carboxylic acids is 2. The smallest absolute Gasteiger partial charge is 0.335 e. The summed E-state index contributed by atoms with van der Waals surface area (Å²) in [6.07, 6.45) is 3.22. The number of aromatic carboxylic acids is 1. The van der Waals surface area contributed by atoms with E-state index in [-0.39, 0.29) is 28.3 Å². The Morgan fingerprint density at radius 3 is 2.44 bits per heavy atom. The number of hydrogen-bond donors (Lipinski definition) is 3. The number of Topliss-reactive ketones (excluding diaryl/α,β-unsaturated/α-hetero) is 1. The standard InChI is InChI=1S/C28H24N2O6/c1-27(2)18-9-14(26(34)35)5-7-20(18)29-22(27)11-16-24(32)17(25(16)33)12-23-28(3,4)19-10-15(36-13-31)6-8-21(19)30-23/h5-13,29,32H,1-4H3,(H,34,35). The lowest BCUT2D eigenvalue weighted by atomic mass is 9.77. The van der Waals surface area contributed by atoms with Crippen LogP contribution in [0.4, 0.5) is 11.4 Å². The lowest BCUT2D eigenvalue weighted by Gasteiger charge is -2.25. The van der Waals surface area contributed by atoms with Crippen molar-refractivity contribution in [3.8, 4) is 5.75 Å². The molecule has 8 nitrogen and oxygen atoms in total. The SMILES string of the molecule is CC1(C)C(C=C2C(=O)C(C=C3Nc4ccc(C(=O)O)cc4C3(C)C)=C2O)=Nc2ccc(OC=O)cc21. The normalized spacial score (nSPS) is 21.0. The lowest BCUT2D eigenvalue weighted by molar-refractivity contribution is -0.120. The number of nitrogens with zero attached hydrogens (tertiary/aromatic N) is 1. The fourth-order valence-electron chi connectivity index (χ4n) is 4.82. The third-order valence-corrected chi connectivity index (χ3v) is 7.16. The van der Waals surface area contributed by atoms with Crippen molar-refractivity contribution in [3.05, 3.63) is 87.8 Å². The third-order valence-electron chi connectivity index (χ3n) is 7.16. The predicted octanol–water partition coefficient (Wildman–Crippen LogP) is 4.89. The van der Waals surface area contributed by atoms with E-state index in [0.29, 0.717) is 29.3 Å². The molecule has 182 valence electrons. The van der Waals surface area contributed by atoms with E-state index >= 15 is 0 Å². The van der Waals surface area contributed by atoms with Crippen LogP contribution < -0.4 is 10.1 Å². The Kier molecular flexibility index (Phi) is 5.03. The van der Waals surface area contributed by atoms with Gasteiger partial charge in [0.1, 0.15) is 11.5 Å². The molecule has 2 aliphatic heterocycles. The molecule has 3 N–H and O–H groups in total. The Morgan fingerprint density at radius 1 is 1.03 bits per heavy atom. The number of allylic oxidation sites excluding steroid dienone is 5. The number of carboxylic acid groups (broad SMARTS) is 1. The number of aliphatic imine (C=N–C) groups is 1. The highest BCUT2D eigenvalue weighted by molar-refractivity contribution is 6.25. The summed E-state index contributed by atoms with van der Waals surface area (Å²) in [5.41, 5.74) is 3.78. The summed E-state index contributed by atoms with van der Waals surface area (Å²) < 4.78 is 4.95. The van der Waals surface area contributed by atoms with Crippen molar-refractivity contribution in [1.29, 1.82) is 0 Å². The topological polar surface area (TPSA) is 125 Å². The van der Waals surface area contributed by atoms with Crippen molar-refractivity contribution in [1.82, 2.24) is 0 Å². The predicted molar refractivity (Wildman–Crippen MR) is 134 cm³/mol. The van der Waals surface area contributed by atoms with Gasteiger partial charge in [-0.1, -0.05) is 27.7 Å². The van der Waals surface area contributed by atoms with E-state index in [1.54, 1.807) is 42.5 Å². The first-order valence-electron chi connectivity index (χ1n) is 11.4. The molecule has 0 amide bonds. The first-order chi connectivity index (χ1) is 16.9. The summed E-state index contributed by atoms with van der Waals surface area (Å²) in [7, 11) is 0. The molecule has 0 radical (unpaired) electrons. The zero-order valence-corrected chi connectivity index (χ0v) is 20.2. The van der Waals surface area contributed by atoms with Gasteiger partial charge >= 0.3 is 5.97 Å². The molecule has 0 unspecified atom stereocenters. The summed E-state index contributed by atoms with van der Waals surface area (Å²) in [5.74, 6) is -1.03. The molecule has 8 heteroatoms. The Hall–Kier alpha value is -4.46. The molecule has 2 aromatic rings. The molecule has 0 saturated heterocycles. The number of carboxylic acids is 1. The number of anilines is 1. The summed E-state index contributed by atoms with van der Waals surface area (Å²) in [4.78, 5) is 39.8. The van der Waals surface area contributed by atoms with Crippen LogP contribution in [-0.2, 0) is 20.4 Å². The van der Waals surface area contributed by atoms with Crippen molar-refractivity contribution >= 4 is 35.3 Å². The second-order valence-corrected chi connectivity index (χ2v) is 10.0. The fourth-order valence-corrected chi connectivity index (χ4v) is 4.82. The molecule has 0 aromatic heterocycles. The van der Waals surface area contributed by atoms with Crippen molar-refractivity contribution in [2.24, 2.45) is 4.99 Å². The van der Waals surface area contributed by atoms with Gasteiger partial charge in [-0.3, -0.25) is 14.6 Å². The second kappa shape index (κ2) is 7.78. The Balaban J connectivity index is 1.46. The molecule has 0 fully saturated rings. The molecule has 36 heavy (non-hydrogen) atoms. The Morgan fingerprint density at radius 2 is 1.78 bits per heavy atom. The van der Waals surface area contributed by atoms with Gasteiger partial charge in [-0.2, -0.15) is 0 Å². The molecule has 0 saturated carbocycles. The van der Waals surface area contributed by atoms with E-state index in [9.17, 15) is 24.6 Å². The van der Waals surface area contributed by atoms with E-state index in [0.717, 1.165) is 16.8 Å². The van der Waals surface area contributed by atoms with Gasteiger partial charge in [-0.25, -0.2) is 4.79 Å². The highest BCUT2D eigenvalue weighted by atomic mass is 16.5. The molecular formula is C28H24N2O6. The largest absolute Gasteiger partial charge is 0.506 e. The van der Waals surface area contributed by atoms with Crippen LogP contribution in [0.1, 0.15) is 49.2 Å². The number of aliphatic hydroxyl groups is 1. The quantitative estimate of drug-likeness (QED) is 0.407. The summed E-state index contributed by atoms with van der Waals surface area (Å²) in [6.45, 7) is 8.11. The van der Waals surface area contributed by atoms with Gasteiger partial charge in [-0.15, -0.1) is 0 Å². The monoisotopic (exact) mass is 484 g/mol. The van der Waals surface area contributed by atoms with Gasteiger partial charge in [-0.05, 0) is 59.7 Å². The third kappa shape index (κ3) is 3.37. The minimum atomic E-state index is -1.01. The second-order valence-electron chi connectivity index (χ2n) is 10.0. The fraction of sp³-hybridized carbons (Fsp3) is 0.214. The van der Waals surface area contributed by atoms with Crippen LogP contribution in [0.25, 0.3) is 0 Å². The van der Waals surface area contributed by atoms with Crippen LogP contribution in [0, 0.1) is 0 Å². The molecular weight excluding hydrogens is 460 g/mol. The summed E-state index contributed by atoms with van der Waals surface area (Å²) in [5, 5.41) is 23.4. The van der Waals surface area contributed by atoms with Crippen molar-refractivity contribution in [3.63, 3.8) is 0 Å². The Labute approximate surface area is 207 Å². The van der Waals surface area contributed by atoms with Gasteiger partial charge in [0.05, 0.1) is 28.1 Å². The number of benzene rings is 2. The van der Waals surface area contributed by atoms with E-state index in [1.807, 2.05) is 27.7 Å². The summed E-state index contributed by atoms with van der Waals surface area (Å²) >= 11 is 0. The zero-order valence-electron chi connectivity index (χ0n) is 20.2. The van der Waals surface area contributed by atoms with Gasteiger partial charge in [0.25, 0.3) is 6.47 Å². The maximum atomic E-state index is 13.0. The number of rotatable bonds is 5. The van der Waals surface area contributed by atoms with E-state index < -0.39 is 16.8 Å². The van der Waals surface area contributed by atoms with Crippen LogP contribution in [0.3, 0.4) is 0 Å². The molecule has 0 bridgehead atoms. The average molecular weight is 485 g/mol. The number of hydrogen-bond acceptors (Lipinski definition) is 7. The van der Waals surface area contributed by atoms with Gasteiger partial charge in [0.2, 0.25) is 5.78 Å². The highest BCUT2D eigenvalue weighted by Crippen LogP contribution is 2.46. The number of ketones is 1. The molecule has 2 aromatic carbocycles. The number of fused-ring (bicyclic) bond motifs is 2. The average Bonchev–Trinajstić information content (AvgIpc) is 3.24. The van der Waals surface area contributed by atoms with Crippen LogP contribution in [0.5, 0.6) is 5.75 Å². The Bertz CT molecular complexity index is 1500. The molecule has 2 heterocycles. The molecule has 0 atom stereocenters. The molecule has 0 spiro atoms. The number of nitrogens with one attached hydrogen (secondary N) is 1. The zero-order chi connectivity index (χ0) is 26.0. The van der Waals surface area contributed by atoms with Crippen LogP contribution in [-0.4, -0.2) is 34.1 Å². The van der Waals surface area contributed by atoms with Crippen LogP contribution in [0.2, 0.25) is 0 Å². The van der Waals surface area contributed by atoms with Gasteiger partial charge in [0.15, 0.2) is 0 Å². The van der Waals surface area contributed by atoms with Gasteiger partial charge < -0.3 is 20.3 Å². The minimum absolute atomic E-state index is 0.119. The summed E-state index contributed by atoms with van der Waals surface area (Å²) in [6, 6.07) is 9.98. The van der Waals surface area contributed by atoms with Crippen LogP contribution >= 0.6 is 0 Å². The molecule has 1 aliphatic carbocycles. The highest BCUT2D eigenvalue weighted by Gasteiger charge is 2.41. The number of aliphatic hydroxyl groups excluding tert-OH is 1. The first-order valence-corrected chi connectivity index (χ1v) is 11.4. The minimum Gasteiger partial charge on any atom is -0.506 e. The number of carbonyl (C=O) groups is 3. The van der Waals surface area contributed by atoms with Gasteiger partial charge in [0, 0.05) is 22.2 Å². The number of ether oxygens (including phenoxy) is 1. The van der Waals surface area contributed by atoms with E-state index in [4.69, 9.17) is 4.74 Å².